The number of thiocarbonyl (C=S) groups is 1. The molecule has 2 aromatic carbocycles. The van der Waals surface area contributed by atoms with Crippen LogP contribution < -0.4 is 16.1 Å². The summed E-state index contributed by atoms with van der Waals surface area (Å²) in [6.07, 6.45) is -2.45. The molecule has 176 valence electrons. The summed E-state index contributed by atoms with van der Waals surface area (Å²) in [7, 11) is 0. The maximum absolute atomic E-state index is 13.0. The molecule has 1 amide bonds. The summed E-state index contributed by atoms with van der Waals surface area (Å²) < 4.78 is 44.7. The van der Waals surface area contributed by atoms with Gasteiger partial charge in [-0.25, -0.2) is 0 Å². The lowest BCUT2D eigenvalue weighted by molar-refractivity contribution is -0.137. The highest BCUT2D eigenvalue weighted by Gasteiger charge is 2.31. The lowest BCUT2D eigenvalue weighted by atomic mass is 9.93. The van der Waals surface area contributed by atoms with Crippen molar-refractivity contribution in [2.75, 3.05) is 10.6 Å². The lowest BCUT2D eigenvalue weighted by Gasteiger charge is -2.14. The molecule has 10 heteroatoms. The first-order valence-electron chi connectivity index (χ1n) is 10.5. The normalized spacial score (nSPS) is 14.4. The number of para-hydroxylation sites is 1. The molecule has 1 aromatic heterocycles. The molecule has 0 saturated carbocycles. The van der Waals surface area contributed by atoms with E-state index in [9.17, 15) is 18.0 Å². The van der Waals surface area contributed by atoms with Gasteiger partial charge >= 0.3 is 6.18 Å². The first-order valence-corrected chi connectivity index (χ1v) is 10.9. The molecule has 0 aliphatic heterocycles. The monoisotopic (exact) mass is 486 g/mol. The van der Waals surface area contributed by atoms with Crippen LogP contribution in [0.5, 0.6) is 0 Å². The van der Waals surface area contributed by atoms with Gasteiger partial charge in [-0.3, -0.25) is 10.2 Å². The van der Waals surface area contributed by atoms with Crippen molar-refractivity contribution in [3.05, 3.63) is 82.8 Å². The van der Waals surface area contributed by atoms with Gasteiger partial charge in [0, 0.05) is 28.9 Å². The molecule has 0 saturated heterocycles. The number of benzene rings is 2. The van der Waals surface area contributed by atoms with Gasteiger partial charge in [-0.15, -0.1) is 0 Å². The van der Waals surface area contributed by atoms with E-state index in [-0.39, 0.29) is 11.4 Å². The number of anilines is 2. The van der Waals surface area contributed by atoms with Crippen LogP contribution in [-0.2, 0) is 12.6 Å². The van der Waals surface area contributed by atoms with Crippen molar-refractivity contribution in [2.45, 2.75) is 32.4 Å². The lowest BCUT2D eigenvalue weighted by Crippen LogP contribution is -2.26. The summed E-state index contributed by atoms with van der Waals surface area (Å²) in [6.45, 7) is 1.73. The molecular formula is C24H21F3N4O2S. The zero-order chi connectivity index (χ0) is 24.3. The smallest absolute Gasteiger partial charge is 0.416 e. The zero-order valence-electron chi connectivity index (χ0n) is 18.1. The standard InChI is InChI=1S/C24H21F3N4O2S/c1-14-20-18(30-31-23(34)29-16-8-3-2-4-9-16)11-6-12-19(20)33-21(14)22(32)28-17-10-5-7-15(13-17)24(25,26)27/h2-5,7-10,13H,6,11-12H2,1H3,(H,28,32)(H2,29,31,34)/b30-18+. The number of hydrogen-bond acceptors (Lipinski definition) is 4. The summed E-state index contributed by atoms with van der Waals surface area (Å²) in [5, 5.41) is 10.3. The maximum atomic E-state index is 13.0. The molecule has 0 unspecified atom stereocenters. The Morgan fingerprint density at radius 3 is 2.50 bits per heavy atom. The minimum absolute atomic E-state index is 0.0292. The Labute approximate surface area is 199 Å². The van der Waals surface area contributed by atoms with Gasteiger partial charge in [-0.05, 0) is 62.3 Å². The average molecular weight is 487 g/mol. The van der Waals surface area contributed by atoms with Crippen LogP contribution in [0.2, 0.25) is 0 Å². The highest BCUT2D eigenvalue weighted by atomic mass is 32.1. The van der Waals surface area contributed by atoms with E-state index in [1.165, 1.54) is 12.1 Å². The van der Waals surface area contributed by atoms with Crippen LogP contribution in [0.15, 0.2) is 64.1 Å². The molecule has 1 aliphatic carbocycles. The number of carbonyl (C=O) groups is 1. The predicted molar refractivity (Wildman–Crippen MR) is 128 cm³/mol. The summed E-state index contributed by atoms with van der Waals surface area (Å²) in [4.78, 5) is 12.8. The number of furan rings is 1. The molecular weight excluding hydrogens is 465 g/mol. The maximum Gasteiger partial charge on any atom is 0.416 e. The number of fused-ring (bicyclic) bond motifs is 1. The molecule has 6 nitrogen and oxygen atoms in total. The zero-order valence-corrected chi connectivity index (χ0v) is 18.9. The Kier molecular flexibility index (Phi) is 6.69. The van der Waals surface area contributed by atoms with Gasteiger partial charge < -0.3 is 15.1 Å². The summed E-state index contributed by atoms with van der Waals surface area (Å²) in [5.74, 6) is 0.0298. The van der Waals surface area contributed by atoms with Crippen molar-refractivity contribution in [1.82, 2.24) is 5.43 Å². The van der Waals surface area contributed by atoms with Gasteiger partial charge in [-0.2, -0.15) is 18.3 Å². The van der Waals surface area contributed by atoms with Crippen LogP contribution in [0.4, 0.5) is 24.5 Å². The topological polar surface area (TPSA) is 78.7 Å². The number of hydrogen-bond donors (Lipinski definition) is 3. The van der Waals surface area contributed by atoms with Crippen LogP contribution in [0.3, 0.4) is 0 Å². The van der Waals surface area contributed by atoms with Crippen LogP contribution >= 0.6 is 12.2 Å². The minimum Gasteiger partial charge on any atom is -0.455 e. The van der Waals surface area contributed by atoms with E-state index >= 15 is 0 Å². The number of alkyl halides is 3. The number of hydrazone groups is 1. The SMILES string of the molecule is Cc1c(C(=O)Nc2cccc(C(F)(F)F)c2)oc2c1/C(=N/NC(=S)Nc1ccccc1)CCC2. The number of halogens is 3. The van der Waals surface area contributed by atoms with E-state index in [0.29, 0.717) is 35.0 Å². The molecule has 1 heterocycles. The third-order valence-electron chi connectivity index (χ3n) is 5.30. The Hall–Kier alpha value is -3.66. The van der Waals surface area contributed by atoms with Crippen molar-refractivity contribution in [3.8, 4) is 0 Å². The Morgan fingerprint density at radius 2 is 1.76 bits per heavy atom. The quantitative estimate of drug-likeness (QED) is 0.317. The highest BCUT2D eigenvalue weighted by Crippen LogP contribution is 2.32. The molecule has 34 heavy (non-hydrogen) atoms. The number of nitrogens with one attached hydrogen (secondary N) is 3. The Bertz CT molecular complexity index is 1250. The van der Waals surface area contributed by atoms with Crippen LogP contribution in [0, 0.1) is 6.92 Å². The first kappa shape index (κ1) is 23.5. The number of rotatable bonds is 4. The van der Waals surface area contributed by atoms with E-state index in [2.05, 4.69) is 21.2 Å². The molecule has 1 aliphatic rings. The Balaban J connectivity index is 1.51. The van der Waals surface area contributed by atoms with Gasteiger partial charge in [0.25, 0.3) is 5.91 Å². The number of nitrogens with zero attached hydrogens (tertiary/aromatic N) is 1. The van der Waals surface area contributed by atoms with Gasteiger partial charge in [0.05, 0.1) is 11.3 Å². The van der Waals surface area contributed by atoms with E-state index in [0.717, 1.165) is 29.8 Å². The molecule has 0 spiro atoms. The number of amides is 1. The van der Waals surface area contributed by atoms with Gasteiger partial charge in [0.2, 0.25) is 0 Å². The average Bonchev–Trinajstić information content (AvgIpc) is 3.15. The third kappa shape index (κ3) is 5.28. The molecule has 0 fully saturated rings. The summed E-state index contributed by atoms with van der Waals surface area (Å²) in [6, 6.07) is 13.9. The van der Waals surface area contributed by atoms with Crippen molar-refractivity contribution in [2.24, 2.45) is 5.10 Å². The van der Waals surface area contributed by atoms with Gasteiger partial charge in [0.15, 0.2) is 10.9 Å². The van der Waals surface area contributed by atoms with E-state index in [1.807, 2.05) is 30.3 Å². The molecule has 0 bridgehead atoms. The fraction of sp³-hybridized carbons (Fsp3) is 0.208. The summed E-state index contributed by atoms with van der Waals surface area (Å²) >= 11 is 5.30. The fourth-order valence-electron chi connectivity index (χ4n) is 3.76. The van der Waals surface area contributed by atoms with Gasteiger partial charge in [0.1, 0.15) is 5.76 Å². The first-order chi connectivity index (χ1) is 16.2. The highest BCUT2D eigenvalue weighted by molar-refractivity contribution is 7.80. The third-order valence-corrected chi connectivity index (χ3v) is 5.50. The molecule has 3 N–H and O–H groups in total. The van der Waals surface area contributed by atoms with Crippen molar-refractivity contribution < 1.29 is 22.4 Å². The van der Waals surface area contributed by atoms with Crippen LogP contribution in [-0.4, -0.2) is 16.7 Å². The largest absolute Gasteiger partial charge is 0.455 e. The van der Waals surface area contributed by atoms with Crippen LogP contribution in [0.25, 0.3) is 0 Å². The second kappa shape index (κ2) is 9.68. The van der Waals surface area contributed by atoms with Crippen molar-refractivity contribution in [1.29, 1.82) is 0 Å². The van der Waals surface area contributed by atoms with Crippen molar-refractivity contribution >= 4 is 40.3 Å². The Morgan fingerprint density at radius 1 is 1.03 bits per heavy atom. The second-order valence-corrected chi connectivity index (χ2v) is 8.14. The number of carbonyl (C=O) groups excluding carboxylic acids is 1. The van der Waals surface area contributed by atoms with E-state index in [4.69, 9.17) is 16.6 Å². The van der Waals surface area contributed by atoms with Gasteiger partial charge in [-0.1, -0.05) is 24.3 Å². The molecule has 0 atom stereocenters. The molecule has 3 aromatic rings. The predicted octanol–water partition coefficient (Wildman–Crippen LogP) is 5.89. The van der Waals surface area contributed by atoms with E-state index in [1.54, 1.807) is 6.92 Å². The molecule has 0 radical (unpaired) electrons. The summed E-state index contributed by atoms with van der Waals surface area (Å²) in [5.41, 5.74) is 4.81. The minimum atomic E-state index is -4.51. The van der Waals surface area contributed by atoms with Crippen molar-refractivity contribution in [3.63, 3.8) is 0 Å². The fourth-order valence-corrected chi connectivity index (χ4v) is 3.92. The second-order valence-electron chi connectivity index (χ2n) is 7.73. The molecule has 4 rings (SSSR count). The van der Waals surface area contributed by atoms with Crippen LogP contribution in [0.1, 0.15) is 45.8 Å². The van der Waals surface area contributed by atoms with E-state index < -0.39 is 17.6 Å². The number of aryl methyl sites for hydroxylation is 1.